The minimum Gasteiger partial charge on any atom is -0.508 e. The van der Waals surface area contributed by atoms with Crippen LogP contribution in [0.2, 0.25) is 0 Å². The smallest absolute Gasteiger partial charge is 0.341 e. The molecule has 2 aromatic rings. The molecule has 1 aromatic carbocycles. The summed E-state index contributed by atoms with van der Waals surface area (Å²) >= 11 is 0. The normalized spacial score (nSPS) is 16.6. The van der Waals surface area contributed by atoms with Crippen LogP contribution in [0.15, 0.2) is 35.3 Å². The Balaban J connectivity index is 2.34. The maximum absolute atomic E-state index is 12.1. The van der Waals surface area contributed by atoms with Crippen LogP contribution in [0.4, 0.5) is 0 Å². The zero-order valence-electron chi connectivity index (χ0n) is 13.3. The summed E-state index contributed by atoms with van der Waals surface area (Å²) in [6.07, 6.45) is 2.15. The van der Waals surface area contributed by atoms with Gasteiger partial charge in [0.15, 0.2) is 5.43 Å². The van der Waals surface area contributed by atoms with Crippen molar-refractivity contribution < 1.29 is 15.0 Å². The van der Waals surface area contributed by atoms with Gasteiger partial charge in [0.25, 0.3) is 0 Å². The molecular formula is C18H19NO4. The molecule has 0 bridgehead atoms. The average molecular weight is 313 g/mol. The highest BCUT2D eigenvalue weighted by Crippen LogP contribution is 2.43. The van der Waals surface area contributed by atoms with E-state index in [-0.39, 0.29) is 22.8 Å². The van der Waals surface area contributed by atoms with Crippen LogP contribution in [0.1, 0.15) is 42.7 Å². The summed E-state index contributed by atoms with van der Waals surface area (Å²) in [4.78, 5) is 23.4. The van der Waals surface area contributed by atoms with Crippen LogP contribution in [-0.4, -0.2) is 20.7 Å². The third-order valence-electron chi connectivity index (χ3n) is 4.43. The molecule has 0 spiro atoms. The van der Waals surface area contributed by atoms with Crippen molar-refractivity contribution in [2.45, 2.75) is 33.2 Å². The number of hydrogen-bond acceptors (Lipinski definition) is 3. The van der Waals surface area contributed by atoms with Crippen molar-refractivity contribution in [3.63, 3.8) is 0 Å². The van der Waals surface area contributed by atoms with Gasteiger partial charge in [-0.2, -0.15) is 0 Å². The minimum absolute atomic E-state index is 0.0215. The lowest BCUT2D eigenvalue weighted by Gasteiger charge is -2.39. The highest BCUT2D eigenvalue weighted by Gasteiger charge is 2.33. The van der Waals surface area contributed by atoms with Crippen LogP contribution < -0.4 is 5.43 Å². The third-order valence-corrected chi connectivity index (χ3v) is 4.43. The van der Waals surface area contributed by atoms with E-state index >= 15 is 0 Å². The van der Waals surface area contributed by atoms with Gasteiger partial charge in [0.1, 0.15) is 11.3 Å². The van der Waals surface area contributed by atoms with Crippen LogP contribution in [0, 0.1) is 5.41 Å². The average Bonchev–Trinajstić information content (AvgIpc) is 2.44. The molecule has 0 amide bonds. The molecule has 0 saturated heterocycles. The van der Waals surface area contributed by atoms with Gasteiger partial charge in [0.05, 0.1) is 5.69 Å². The number of phenols is 1. The van der Waals surface area contributed by atoms with Crippen molar-refractivity contribution in [2.75, 3.05) is 0 Å². The van der Waals surface area contributed by atoms with Crippen LogP contribution in [0.5, 0.6) is 5.75 Å². The summed E-state index contributed by atoms with van der Waals surface area (Å²) in [5, 5.41) is 19.0. The maximum Gasteiger partial charge on any atom is 0.341 e. The number of fused-ring (bicyclic) bond motifs is 3. The van der Waals surface area contributed by atoms with Gasteiger partial charge < -0.3 is 14.8 Å². The van der Waals surface area contributed by atoms with Crippen LogP contribution in [0.3, 0.4) is 0 Å². The number of pyridine rings is 1. The largest absolute Gasteiger partial charge is 0.508 e. The molecule has 0 unspecified atom stereocenters. The van der Waals surface area contributed by atoms with Gasteiger partial charge in [0.2, 0.25) is 0 Å². The van der Waals surface area contributed by atoms with E-state index in [0.717, 1.165) is 11.1 Å². The first-order chi connectivity index (χ1) is 10.7. The number of carboxylic acid groups (broad SMARTS) is 1. The lowest BCUT2D eigenvalue weighted by Crippen LogP contribution is -2.32. The Hall–Kier alpha value is -2.56. The summed E-state index contributed by atoms with van der Waals surface area (Å²) in [6, 6.07) is 6.51. The molecular weight excluding hydrogens is 294 g/mol. The standard InChI is InChI=1S/C18H19NO4/c1-18(2,3)16-6-10-4-5-11(20)7-12(10)14-8-15(21)13(17(22)23)9-19(14)16/h4-5,7-9,16,20H,6H2,1-3H3,(H,22,23)/t16-/m0/s1. The predicted molar refractivity (Wildman–Crippen MR) is 87.0 cm³/mol. The Bertz CT molecular complexity index is 858. The minimum atomic E-state index is -1.22. The number of carbonyl (C=O) groups is 1. The SMILES string of the molecule is CC(C)(C)[C@@H]1Cc2ccc(O)cc2-c2cc(=O)c(C(=O)O)cn21. The second-order valence-electron chi connectivity index (χ2n) is 7.08. The Kier molecular flexibility index (Phi) is 3.32. The molecule has 1 aliphatic rings. The fourth-order valence-corrected chi connectivity index (χ4v) is 3.20. The topological polar surface area (TPSA) is 79.5 Å². The van der Waals surface area contributed by atoms with E-state index in [1.54, 1.807) is 12.1 Å². The second kappa shape index (κ2) is 4.98. The number of nitrogens with zero attached hydrogens (tertiary/aromatic N) is 1. The van der Waals surface area contributed by atoms with Crippen molar-refractivity contribution in [1.82, 2.24) is 4.57 Å². The summed E-state index contributed by atoms with van der Waals surface area (Å²) in [7, 11) is 0. The van der Waals surface area contributed by atoms with E-state index in [1.165, 1.54) is 12.3 Å². The van der Waals surface area contributed by atoms with Crippen molar-refractivity contribution in [3.05, 3.63) is 51.8 Å². The van der Waals surface area contributed by atoms with E-state index in [2.05, 4.69) is 20.8 Å². The van der Waals surface area contributed by atoms with E-state index in [0.29, 0.717) is 12.1 Å². The zero-order valence-corrected chi connectivity index (χ0v) is 13.3. The molecule has 5 heteroatoms. The van der Waals surface area contributed by atoms with E-state index in [9.17, 15) is 19.8 Å². The first-order valence-corrected chi connectivity index (χ1v) is 7.50. The van der Waals surface area contributed by atoms with Crippen LogP contribution in [-0.2, 0) is 6.42 Å². The van der Waals surface area contributed by atoms with Gasteiger partial charge in [-0.1, -0.05) is 26.8 Å². The molecule has 0 radical (unpaired) electrons. The first-order valence-electron chi connectivity index (χ1n) is 7.50. The van der Waals surface area contributed by atoms with Crippen LogP contribution in [0.25, 0.3) is 11.3 Å². The predicted octanol–water partition coefficient (Wildman–Crippen LogP) is 3.06. The zero-order chi connectivity index (χ0) is 16.9. The fraction of sp³-hybridized carbons (Fsp3) is 0.333. The number of benzene rings is 1. The molecule has 3 rings (SSSR count). The molecule has 0 fully saturated rings. The van der Waals surface area contributed by atoms with Crippen molar-refractivity contribution in [3.8, 4) is 17.0 Å². The van der Waals surface area contributed by atoms with Gasteiger partial charge in [-0.3, -0.25) is 4.79 Å². The third kappa shape index (κ3) is 2.52. The van der Waals surface area contributed by atoms with Gasteiger partial charge in [0, 0.05) is 23.9 Å². The molecule has 23 heavy (non-hydrogen) atoms. The molecule has 0 saturated carbocycles. The summed E-state index contributed by atoms with van der Waals surface area (Å²) < 4.78 is 1.87. The van der Waals surface area contributed by atoms with E-state index in [4.69, 9.17) is 0 Å². The molecule has 1 atom stereocenters. The van der Waals surface area contributed by atoms with Gasteiger partial charge in [-0.25, -0.2) is 4.79 Å². The quantitative estimate of drug-likeness (QED) is 0.848. The molecule has 1 aromatic heterocycles. The second-order valence-corrected chi connectivity index (χ2v) is 7.08. The van der Waals surface area contributed by atoms with Gasteiger partial charge in [-0.15, -0.1) is 0 Å². The Labute approximate surface area is 133 Å². The first kappa shape index (κ1) is 15.3. The fourth-order valence-electron chi connectivity index (χ4n) is 3.20. The molecule has 2 heterocycles. The summed E-state index contributed by atoms with van der Waals surface area (Å²) in [6.45, 7) is 6.27. The highest BCUT2D eigenvalue weighted by atomic mass is 16.4. The van der Waals surface area contributed by atoms with Crippen molar-refractivity contribution >= 4 is 5.97 Å². The van der Waals surface area contributed by atoms with E-state index < -0.39 is 11.4 Å². The number of aromatic carboxylic acids is 1. The Morgan fingerprint density at radius 3 is 2.57 bits per heavy atom. The number of aromatic nitrogens is 1. The Morgan fingerprint density at radius 1 is 1.26 bits per heavy atom. The molecule has 2 N–H and O–H groups in total. The van der Waals surface area contributed by atoms with Crippen molar-refractivity contribution in [2.24, 2.45) is 5.41 Å². The highest BCUT2D eigenvalue weighted by molar-refractivity contribution is 5.87. The molecule has 120 valence electrons. The molecule has 1 aliphatic heterocycles. The van der Waals surface area contributed by atoms with Gasteiger partial charge >= 0.3 is 5.97 Å². The number of rotatable bonds is 1. The molecule has 0 aliphatic carbocycles. The number of phenolic OH excluding ortho intramolecular Hbond substituents is 1. The van der Waals surface area contributed by atoms with E-state index in [1.807, 2.05) is 10.6 Å². The monoisotopic (exact) mass is 313 g/mol. The number of carboxylic acids is 1. The van der Waals surface area contributed by atoms with Crippen LogP contribution >= 0.6 is 0 Å². The van der Waals surface area contributed by atoms with Crippen molar-refractivity contribution in [1.29, 1.82) is 0 Å². The lowest BCUT2D eigenvalue weighted by molar-refractivity contribution is 0.0693. The summed E-state index contributed by atoms with van der Waals surface area (Å²) in [5.41, 5.74) is 1.61. The van der Waals surface area contributed by atoms with Gasteiger partial charge in [-0.05, 0) is 29.5 Å². The lowest BCUT2D eigenvalue weighted by atomic mass is 9.79. The number of aromatic hydroxyl groups is 1. The number of hydrogen-bond donors (Lipinski definition) is 2. The molecule has 5 nitrogen and oxygen atoms in total. The Morgan fingerprint density at radius 2 is 1.96 bits per heavy atom. The summed E-state index contributed by atoms with van der Waals surface area (Å²) in [5.74, 6) is -1.10. The maximum atomic E-state index is 12.1.